The van der Waals surface area contributed by atoms with Crippen LogP contribution in [0.4, 0.5) is 0 Å². The Bertz CT molecular complexity index is 1290. The van der Waals surface area contributed by atoms with Crippen LogP contribution in [0.2, 0.25) is 5.02 Å². The molecule has 0 bridgehead atoms. The molecule has 2 aromatic heterocycles. The third-order valence-corrected chi connectivity index (χ3v) is 6.56. The summed E-state index contributed by atoms with van der Waals surface area (Å²) in [6, 6.07) is 15.0. The molecule has 0 saturated heterocycles. The van der Waals surface area contributed by atoms with Crippen molar-refractivity contribution in [1.29, 1.82) is 0 Å². The van der Waals surface area contributed by atoms with Crippen LogP contribution in [0, 0.1) is 11.8 Å². The van der Waals surface area contributed by atoms with Crippen LogP contribution in [0.1, 0.15) is 16.6 Å². The summed E-state index contributed by atoms with van der Waals surface area (Å²) in [6.07, 6.45) is 0. The molecule has 0 N–H and O–H groups in total. The van der Waals surface area contributed by atoms with E-state index in [4.69, 9.17) is 25.5 Å². The van der Waals surface area contributed by atoms with E-state index in [1.54, 1.807) is 0 Å². The molecule has 0 aliphatic carbocycles. The number of nitrogens with zero attached hydrogens (tertiary/aromatic N) is 2. The van der Waals surface area contributed by atoms with Gasteiger partial charge in [0.05, 0.1) is 17.4 Å². The molecule has 0 radical (unpaired) electrons. The summed E-state index contributed by atoms with van der Waals surface area (Å²) in [5.74, 6) is 6.89. The maximum Gasteiger partial charge on any atom is 0.350 e. The first kappa shape index (κ1) is 22.2. The van der Waals surface area contributed by atoms with E-state index in [2.05, 4.69) is 22.0 Å². The van der Waals surface area contributed by atoms with Gasteiger partial charge in [-0.2, -0.15) is 0 Å². The smallest absolute Gasteiger partial charge is 0.350 e. The number of ether oxygens (including phenoxy) is 2. The van der Waals surface area contributed by atoms with Gasteiger partial charge < -0.3 is 13.9 Å². The van der Waals surface area contributed by atoms with Crippen molar-refractivity contribution in [3.8, 4) is 29.0 Å². The number of fused-ring (bicyclic) bond motifs is 1. The van der Waals surface area contributed by atoms with Crippen molar-refractivity contribution < 1.29 is 18.7 Å². The highest BCUT2D eigenvalue weighted by Crippen LogP contribution is 2.35. The van der Waals surface area contributed by atoms with Crippen molar-refractivity contribution >= 4 is 50.8 Å². The lowest BCUT2D eigenvalue weighted by Crippen LogP contribution is -2.03. The van der Waals surface area contributed by atoms with Crippen LogP contribution in [-0.4, -0.2) is 35.1 Å². The SMILES string of the molecule is CCOc1ccc(-c2nnc(SCC#CCOC(=O)c3sc4ccccc4c3Cl)o2)cc1. The molecule has 0 saturated carbocycles. The Morgan fingerprint density at radius 2 is 1.97 bits per heavy atom. The molecule has 0 atom stereocenters. The largest absolute Gasteiger partial charge is 0.494 e. The fourth-order valence-corrected chi connectivity index (χ4v) is 4.69. The monoisotopic (exact) mass is 484 g/mol. The maximum absolute atomic E-state index is 12.3. The van der Waals surface area contributed by atoms with Crippen LogP contribution in [0.15, 0.2) is 58.2 Å². The fraction of sp³-hybridized carbons (Fsp3) is 0.174. The zero-order chi connectivity index (χ0) is 22.3. The molecule has 4 aromatic rings. The minimum absolute atomic E-state index is 0.0226. The third-order valence-electron chi connectivity index (χ3n) is 4.21. The quantitative estimate of drug-likeness (QED) is 0.182. The number of carbonyl (C=O) groups is 1. The number of halogens is 1. The zero-order valence-electron chi connectivity index (χ0n) is 17.0. The summed E-state index contributed by atoms with van der Waals surface area (Å²) in [5.41, 5.74) is 0.811. The first-order valence-corrected chi connectivity index (χ1v) is 11.8. The Balaban J connectivity index is 1.25. The number of carbonyl (C=O) groups excluding carboxylic acids is 1. The second kappa shape index (κ2) is 10.6. The van der Waals surface area contributed by atoms with E-state index in [0.29, 0.717) is 33.4 Å². The highest BCUT2D eigenvalue weighted by molar-refractivity contribution is 7.99. The van der Waals surface area contributed by atoms with E-state index in [1.807, 2.05) is 55.5 Å². The standard InChI is InChI=1S/C23H17ClN2O4S2/c1-2-28-16-11-9-15(10-12-16)21-25-26-23(30-21)31-14-6-5-13-29-22(27)20-19(24)17-7-3-4-8-18(17)32-20/h3-4,7-12H,2,13-14H2,1H3. The number of hydrogen-bond acceptors (Lipinski definition) is 8. The second-order valence-corrected chi connectivity index (χ2v) is 8.65. The summed E-state index contributed by atoms with van der Waals surface area (Å²) in [4.78, 5) is 12.7. The molecule has 32 heavy (non-hydrogen) atoms. The number of aromatic nitrogens is 2. The van der Waals surface area contributed by atoms with Crippen LogP contribution in [0.3, 0.4) is 0 Å². The van der Waals surface area contributed by atoms with E-state index >= 15 is 0 Å². The molecule has 0 spiro atoms. The Morgan fingerprint density at radius 1 is 1.16 bits per heavy atom. The van der Waals surface area contributed by atoms with Crippen LogP contribution in [0.5, 0.6) is 5.75 Å². The number of thioether (sulfide) groups is 1. The van der Waals surface area contributed by atoms with Gasteiger partial charge in [-0.3, -0.25) is 0 Å². The topological polar surface area (TPSA) is 74.5 Å². The number of thiophene rings is 1. The van der Waals surface area contributed by atoms with Gasteiger partial charge >= 0.3 is 5.97 Å². The maximum atomic E-state index is 12.3. The van der Waals surface area contributed by atoms with Gasteiger partial charge in [0.1, 0.15) is 10.6 Å². The van der Waals surface area contributed by atoms with Crippen molar-refractivity contribution in [3.05, 3.63) is 58.4 Å². The van der Waals surface area contributed by atoms with Gasteiger partial charge in [0.25, 0.3) is 5.22 Å². The van der Waals surface area contributed by atoms with Gasteiger partial charge in [-0.25, -0.2) is 4.79 Å². The van der Waals surface area contributed by atoms with Gasteiger partial charge in [0.15, 0.2) is 6.61 Å². The van der Waals surface area contributed by atoms with Crippen molar-refractivity contribution in [1.82, 2.24) is 10.2 Å². The molecule has 2 aromatic carbocycles. The highest BCUT2D eigenvalue weighted by Gasteiger charge is 2.17. The number of hydrogen-bond donors (Lipinski definition) is 0. The van der Waals surface area contributed by atoms with Gasteiger partial charge in [-0.15, -0.1) is 21.5 Å². The van der Waals surface area contributed by atoms with Crippen LogP contribution in [0.25, 0.3) is 21.5 Å². The van der Waals surface area contributed by atoms with Crippen LogP contribution < -0.4 is 4.74 Å². The number of esters is 1. The zero-order valence-corrected chi connectivity index (χ0v) is 19.4. The molecule has 0 aliphatic heterocycles. The molecular formula is C23H17ClN2O4S2. The highest BCUT2D eigenvalue weighted by atomic mass is 35.5. The van der Waals surface area contributed by atoms with Crippen LogP contribution in [-0.2, 0) is 4.74 Å². The summed E-state index contributed by atoms with van der Waals surface area (Å²) in [6.45, 7) is 2.52. The summed E-state index contributed by atoms with van der Waals surface area (Å²) >= 11 is 8.91. The Hall–Kier alpha value is -2.99. The van der Waals surface area contributed by atoms with Gasteiger partial charge in [-0.05, 0) is 37.3 Å². The molecule has 6 nitrogen and oxygen atoms in total. The normalized spacial score (nSPS) is 10.6. The van der Waals surface area contributed by atoms with E-state index < -0.39 is 5.97 Å². The van der Waals surface area contributed by atoms with Crippen molar-refractivity contribution in [3.63, 3.8) is 0 Å². The third kappa shape index (κ3) is 5.25. The number of benzene rings is 2. The van der Waals surface area contributed by atoms with E-state index in [1.165, 1.54) is 23.1 Å². The lowest BCUT2D eigenvalue weighted by molar-refractivity contribution is 0.0562. The Kier molecular flexibility index (Phi) is 7.32. The molecule has 162 valence electrons. The van der Waals surface area contributed by atoms with Crippen molar-refractivity contribution in [2.75, 3.05) is 19.0 Å². The predicted octanol–water partition coefficient (Wildman–Crippen LogP) is 5.96. The Morgan fingerprint density at radius 3 is 2.75 bits per heavy atom. The fourth-order valence-electron chi connectivity index (χ4n) is 2.76. The Labute approximate surface area is 197 Å². The second-order valence-electron chi connectivity index (χ2n) is 6.29. The van der Waals surface area contributed by atoms with Crippen LogP contribution >= 0.6 is 34.7 Å². The lowest BCUT2D eigenvalue weighted by atomic mass is 10.2. The van der Waals surface area contributed by atoms with Crippen molar-refractivity contribution in [2.24, 2.45) is 0 Å². The molecule has 2 heterocycles. The van der Waals surface area contributed by atoms with E-state index in [-0.39, 0.29) is 6.61 Å². The van der Waals surface area contributed by atoms with Gasteiger partial charge in [-0.1, -0.05) is 53.4 Å². The van der Waals surface area contributed by atoms with E-state index in [0.717, 1.165) is 21.4 Å². The van der Waals surface area contributed by atoms with Gasteiger partial charge in [0, 0.05) is 15.6 Å². The average Bonchev–Trinajstić information content (AvgIpc) is 3.42. The molecule has 4 rings (SSSR count). The molecule has 0 fully saturated rings. The first-order chi connectivity index (χ1) is 15.7. The van der Waals surface area contributed by atoms with E-state index in [9.17, 15) is 4.79 Å². The molecule has 0 amide bonds. The van der Waals surface area contributed by atoms with Crippen molar-refractivity contribution in [2.45, 2.75) is 12.1 Å². The van der Waals surface area contributed by atoms with Gasteiger partial charge in [0.2, 0.25) is 5.89 Å². The lowest BCUT2D eigenvalue weighted by Gasteiger charge is -2.02. The minimum Gasteiger partial charge on any atom is -0.494 e. The molecule has 0 unspecified atom stereocenters. The molecular weight excluding hydrogens is 468 g/mol. The molecule has 9 heteroatoms. The summed E-state index contributed by atoms with van der Waals surface area (Å²) in [7, 11) is 0. The minimum atomic E-state index is -0.477. The average molecular weight is 485 g/mol. The first-order valence-electron chi connectivity index (χ1n) is 9.65. The predicted molar refractivity (Wildman–Crippen MR) is 127 cm³/mol. The molecule has 0 aliphatic rings. The summed E-state index contributed by atoms with van der Waals surface area (Å²) < 4.78 is 17.2. The summed E-state index contributed by atoms with van der Waals surface area (Å²) in [5, 5.41) is 9.74. The number of rotatable bonds is 7.